The van der Waals surface area contributed by atoms with Crippen LogP contribution in [0.1, 0.15) is 25.7 Å². The van der Waals surface area contributed by atoms with E-state index in [9.17, 15) is 27.6 Å². The Bertz CT molecular complexity index is 527. The number of carbonyl (C=O) groups is 3. The number of carboxylic acids is 1. The molecule has 0 bridgehead atoms. The van der Waals surface area contributed by atoms with Crippen molar-refractivity contribution in [2.45, 2.75) is 31.9 Å². The van der Waals surface area contributed by atoms with Crippen molar-refractivity contribution in [3.8, 4) is 0 Å². The van der Waals surface area contributed by atoms with Crippen LogP contribution in [0.25, 0.3) is 0 Å². The molecule has 0 aromatic rings. The highest BCUT2D eigenvalue weighted by Crippen LogP contribution is 2.37. The highest BCUT2D eigenvalue weighted by molar-refractivity contribution is 5.78. The molecule has 0 aromatic carbocycles. The van der Waals surface area contributed by atoms with Gasteiger partial charge in [-0.2, -0.15) is 13.2 Å². The summed E-state index contributed by atoms with van der Waals surface area (Å²) in [6.45, 7) is 0.273. The molecule has 2 fully saturated rings. The minimum Gasteiger partial charge on any atom is -0.481 e. The Morgan fingerprint density at radius 3 is 2.52 bits per heavy atom. The summed E-state index contributed by atoms with van der Waals surface area (Å²) < 4.78 is 38.7. The van der Waals surface area contributed by atoms with Crippen molar-refractivity contribution in [3.63, 3.8) is 0 Å². The van der Waals surface area contributed by atoms with Crippen LogP contribution in [0.3, 0.4) is 0 Å². The van der Waals surface area contributed by atoms with E-state index in [0.29, 0.717) is 25.9 Å². The lowest BCUT2D eigenvalue weighted by atomic mass is 9.96. The molecule has 0 aromatic heterocycles. The molecule has 2 N–H and O–H groups in total. The van der Waals surface area contributed by atoms with Gasteiger partial charge < -0.3 is 20.2 Å². The smallest absolute Gasteiger partial charge is 0.394 e. The van der Waals surface area contributed by atoms with Crippen LogP contribution in [0.5, 0.6) is 0 Å². The number of piperidine rings is 1. The third-order valence-electron chi connectivity index (χ3n) is 4.65. The van der Waals surface area contributed by atoms with Crippen LogP contribution in [-0.2, 0) is 9.59 Å². The summed E-state index contributed by atoms with van der Waals surface area (Å²) in [7, 11) is 0. The predicted molar refractivity (Wildman–Crippen MR) is 80.7 cm³/mol. The fourth-order valence-corrected chi connectivity index (χ4v) is 3.23. The summed E-state index contributed by atoms with van der Waals surface area (Å²) in [5, 5.41) is 11.4. The van der Waals surface area contributed by atoms with Gasteiger partial charge in [-0.3, -0.25) is 9.59 Å². The number of nitrogens with one attached hydrogen (secondary N) is 1. The summed E-state index contributed by atoms with van der Waals surface area (Å²) in [5.41, 5.74) is 0. The number of alkyl halides is 3. The number of hydrogen-bond donors (Lipinski definition) is 2. The van der Waals surface area contributed by atoms with Crippen molar-refractivity contribution in [3.05, 3.63) is 0 Å². The lowest BCUT2D eigenvalue weighted by molar-refractivity contribution is -0.187. The topological polar surface area (TPSA) is 89.9 Å². The van der Waals surface area contributed by atoms with Crippen molar-refractivity contribution < 1.29 is 32.7 Å². The van der Waals surface area contributed by atoms with Gasteiger partial charge in [0.2, 0.25) is 5.91 Å². The maximum absolute atomic E-state index is 12.9. The van der Waals surface area contributed by atoms with E-state index in [-0.39, 0.29) is 12.5 Å². The zero-order valence-corrected chi connectivity index (χ0v) is 13.7. The molecule has 2 aliphatic heterocycles. The molecular weight excluding hydrogens is 343 g/mol. The number of aliphatic carboxylic acids is 1. The zero-order chi connectivity index (χ0) is 18.6. The molecule has 10 heteroatoms. The predicted octanol–water partition coefficient (Wildman–Crippen LogP) is 1.29. The van der Waals surface area contributed by atoms with E-state index in [1.54, 1.807) is 4.90 Å². The normalized spacial score (nSPS) is 24.5. The van der Waals surface area contributed by atoms with E-state index in [4.69, 9.17) is 5.11 Å². The minimum absolute atomic E-state index is 0.0782. The van der Waals surface area contributed by atoms with E-state index in [1.807, 2.05) is 0 Å². The quantitative estimate of drug-likeness (QED) is 0.719. The van der Waals surface area contributed by atoms with Crippen molar-refractivity contribution >= 4 is 17.9 Å². The monoisotopic (exact) mass is 365 g/mol. The van der Waals surface area contributed by atoms with Gasteiger partial charge in [0.1, 0.15) is 0 Å². The molecule has 0 unspecified atom stereocenters. The highest BCUT2D eigenvalue weighted by atomic mass is 19.4. The van der Waals surface area contributed by atoms with Gasteiger partial charge in [-0.05, 0) is 19.3 Å². The van der Waals surface area contributed by atoms with Crippen LogP contribution >= 0.6 is 0 Å². The van der Waals surface area contributed by atoms with Gasteiger partial charge in [-0.25, -0.2) is 4.79 Å². The molecule has 2 rings (SSSR count). The zero-order valence-electron chi connectivity index (χ0n) is 13.7. The maximum Gasteiger partial charge on any atom is 0.394 e. The number of likely N-dealkylation sites (tertiary alicyclic amines) is 2. The number of carbonyl (C=O) groups excluding carboxylic acids is 2. The fourth-order valence-electron chi connectivity index (χ4n) is 3.23. The van der Waals surface area contributed by atoms with Crippen molar-refractivity contribution in [2.24, 2.45) is 11.8 Å². The van der Waals surface area contributed by atoms with Gasteiger partial charge in [-0.1, -0.05) is 0 Å². The SMILES string of the molecule is O=C(O)[C@@H]1CN(C(=O)NCCCN2CCCCC2=O)C[C@H]1C(F)(F)F. The minimum atomic E-state index is -4.66. The number of urea groups is 1. The Morgan fingerprint density at radius 1 is 1.24 bits per heavy atom. The first kappa shape index (κ1) is 19.3. The van der Waals surface area contributed by atoms with Gasteiger partial charge in [0.15, 0.2) is 0 Å². The highest BCUT2D eigenvalue weighted by Gasteiger charge is 2.53. The molecule has 0 spiro atoms. The molecule has 142 valence electrons. The molecule has 2 atom stereocenters. The van der Waals surface area contributed by atoms with Crippen LogP contribution in [0.2, 0.25) is 0 Å². The summed E-state index contributed by atoms with van der Waals surface area (Å²) >= 11 is 0. The van der Waals surface area contributed by atoms with Crippen molar-refractivity contribution in [2.75, 3.05) is 32.7 Å². The Morgan fingerprint density at radius 2 is 1.96 bits per heavy atom. The Balaban J connectivity index is 1.77. The number of amides is 3. The number of hydrogen-bond acceptors (Lipinski definition) is 3. The third-order valence-corrected chi connectivity index (χ3v) is 4.65. The van der Waals surface area contributed by atoms with E-state index >= 15 is 0 Å². The van der Waals surface area contributed by atoms with Crippen molar-refractivity contribution in [1.82, 2.24) is 15.1 Å². The van der Waals surface area contributed by atoms with Crippen LogP contribution < -0.4 is 5.32 Å². The van der Waals surface area contributed by atoms with E-state index in [2.05, 4.69) is 5.32 Å². The molecule has 2 heterocycles. The first-order valence-corrected chi connectivity index (χ1v) is 8.30. The number of rotatable bonds is 5. The molecule has 7 nitrogen and oxygen atoms in total. The maximum atomic E-state index is 12.9. The van der Waals surface area contributed by atoms with E-state index < -0.39 is 43.1 Å². The fraction of sp³-hybridized carbons (Fsp3) is 0.800. The average Bonchev–Trinajstić information content (AvgIpc) is 2.99. The standard InChI is InChI=1S/C15H22F3N3O4/c16-15(17,18)11-9-21(8-10(11)13(23)24)14(25)19-5-3-7-20-6-2-1-4-12(20)22/h10-11H,1-9H2,(H,19,25)(H,23,24)/t10-,11-/m1/s1. The summed E-state index contributed by atoms with van der Waals surface area (Å²) in [4.78, 5) is 37.2. The first-order valence-electron chi connectivity index (χ1n) is 8.30. The first-order chi connectivity index (χ1) is 11.7. The van der Waals surface area contributed by atoms with Crippen LogP contribution in [0.15, 0.2) is 0 Å². The lowest BCUT2D eigenvalue weighted by Crippen LogP contribution is -2.41. The molecule has 0 saturated carbocycles. The lowest BCUT2D eigenvalue weighted by Gasteiger charge is -2.26. The Kier molecular flexibility index (Phi) is 6.12. The largest absolute Gasteiger partial charge is 0.481 e. The Labute approximate surface area is 143 Å². The second kappa shape index (κ2) is 7.92. The summed E-state index contributed by atoms with van der Waals surface area (Å²) in [6, 6.07) is -0.706. The molecule has 2 saturated heterocycles. The summed E-state index contributed by atoms with van der Waals surface area (Å²) in [6.07, 6.45) is -1.81. The van der Waals surface area contributed by atoms with Gasteiger partial charge in [-0.15, -0.1) is 0 Å². The Hall–Kier alpha value is -2.00. The molecule has 0 radical (unpaired) electrons. The van der Waals surface area contributed by atoms with Crippen molar-refractivity contribution in [1.29, 1.82) is 0 Å². The number of nitrogens with zero attached hydrogens (tertiary/aromatic N) is 2. The van der Waals surface area contributed by atoms with Crippen LogP contribution in [0, 0.1) is 11.8 Å². The van der Waals surface area contributed by atoms with E-state index in [0.717, 1.165) is 17.7 Å². The van der Waals surface area contributed by atoms with Gasteiger partial charge in [0, 0.05) is 39.1 Å². The number of halogens is 3. The molecule has 25 heavy (non-hydrogen) atoms. The second-order valence-corrected chi connectivity index (χ2v) is 6.42. The van der Waals surface area contributed by atoms with Gasteiger partial charge in [0.25, 0.3) is 0 Å². The molecule has 3 amide bonds. The second-order valence-electron chi connectivity index (χ2n) is 6.42. The molecule has 2 aliphatic rings. The van der Waals surface area contributed by atoms with Gasteiger partial charge >= 0.3 is 18.2 Å². The van der Waals surface area contributed by atoms with E-state index in [1.165, 1.54) is 0 Å². The van der Waals surface area contributed by atoms with Crippen LogP contribution in [0.4, 0.5) is 18.0 Å². The van der Waals surface area contributed by atoms with Crippen LogP contribution in [-0.4, -0.2) is 71.7 Å². The van der Waals surface area contributed by atoms with Gasteiger partial charge in [0.05, 0.1) is 11.8 Å². The third kappa shape index (κ3) is 4.99. The number of carboxylic acid groups (broad SMARTS) is 1. The molecular formula is C15H22F3N3O4. The molecule has 0 aliphatic carbocycles. The summed E-state index contributed by atoms with van der Waals surface area (Å²) in [5.74, 6) is -5.17. The average molecular weight is 365 g/mol.